The number of hydrogen-bond acceptors (Lipinski definition) is 3. The van der Waals surface area contributed by atoms with Crippen LogP contribution in [0.15, 0.2) is 24.4 Å². The summed E-state index contributed by atoms with van der Waals surface area (Å²) in [5.41, 5.74) is 8.05. The summed E-state index contributed by atoms with van der Waals surface area (Å²) < 4.78 is 1.67. The van der Waals surface area contributed by atoms with Gasteiger partial charge in [-0.25, -0.2) is 0 Å². The second-order valence-corrected chi connectivity index (χ2v) is 5.11. The van der Waals surface area contributed by atoms with Crippen LogP contribution in [-0.4, -0.2) is 21.0 Å². The molecule has 18 heavy (non-hydrogen) atoms. The van der Waals surface area contributed by atoms with Crippen molar-refractivity contribution in [3.63, 3.8) is 0 Å². The molecule has 1 aromatic carbocycles. The van der Waals surface area contributed by atoms with E-state index in [0.717, 1.165) is 17.7 Å². The molecule has 0 amide bonds. The van der Waals surface area contributed by atoms with Crippen LogP contribution in [0.2, 0.25) is 10.0 Å². The minimum Gasteiger partial charge on any atom is -0.327 e. The molecular weight excluding hydrogens is 271 g/mol. The van der Waals surface area contributed by atoms with E-state index in [1.54, 1.807) is 10.7 Å². The maximum atomic E-state index is 6.08. The van der Waals surface area contributed by atoms with Gasteiger partial charge < -0.3 is 5.73 Å². The molecule has 0 aliphatic carbocycles. The normalized spacial score (nSPS) is 12.7. The Morgan fingerprint density at radius 1 is 1.28 bits per heavy atom. The molecule has 0 saturated carbocycles. The molecule has 2 aromatic rings. The molecule has 2 rings (SSSR count). The van der Waals surface area contributed by atoms with Crippen LogP contribution in [0.1, 0.15) is 11.3 Å². The summed E-state index contributed by atoms with van der Waals surface area (Å²) in [5.74, 6) is 0. The van der Waals surface area contributed by atoms with E-state index >= 15 is 0 Å². The molecular formula is C12H14Cl2N4. The van der Waals surface area contributed by atoms with E-state index in [1.165, 1.54) is 0 Å². The van der Waals surface area contributed by atoms with Crippen molar-refractivity contribution in [1.29, 1.82) is 0 Å². The third-order valence-corrected chi connectivity index (χ3v) is 3.34. The molecule has 0 saturated heterocycles. The van der Waals surface area contributed by atoms with E-state index < -0.39 is 0 Å². The minimum atomic E-state index is -0.0149. The molecule has 6 heteroatoms. The Morgan fingerprint density at radius 2 is 2.06 bits per heavy atom. The predicted molar refractivity (Wildman–Crippen MR) is 72.8 cm³/mol. The van der Waals surface area contributed by atoms with E-state index in [4.69, 9.17) is 28.9 Å². The summed E-state index contributed by atoms with van der Waals surface area (Å²) in [4.78, 5) is 0. The molecule has 1 heterocycles. The predicted octanol–water partition coefficient (Wildman–Crippen LogP) is 2.23. The topological polar surface area (TPSA) is 56.7 Å². The molecule has 0 aliphatic rings. The van der Waals surface area contributed by atoms with Crippen LogP contribution in [0.4, 0.5) is 0 Å². The van der Waals surface area contributed by atoms with Crippen molar-refractivity contribution in [3.05, 3.63) is 45.7 Å². The SMILES string of the molecule is Cn1cc(CC(N)Cc2ccc(Cl)c(Cl)c2)nn1. The van der Waals surface area contributed by atoms with Gasteiger partial charge in [-0.1, -0.05) is 34.5 Å². The molecule has 0 aliphatic heterocycles. The van der Waals surface area contributed by atoms with Crippen molar-refractivity contribution in [3.8, 4) is 0 Å². The summed E-state index contributed by atoms with van der Waals surface area (Å²) in [6.07, 6.45) is 3.29. The molecule has 0 fully saturated rings. The van der Waals surface area contributed by atoms with Gasteiger partial charge in [0.25, 0.3) is 0 Å². The maximum Gasteiger partial charge on any atom is 0.0842 e. The molecule has 0 spiro atoms. The van der Waals surface area contributed by atoms with Crippen molar-refractivity contribution < 1.29 is 0 Å². The number of benzene rings is 1. The van der Waals surface area contributed by atoms with Gasteiger partial charge in [0.1, 0.15) is 0 Å². The van der Waals surface area contributed by atoms with Gasteiger partial charge >= 0.3 is 0 Å². The monoisotopic (exact) mass is 284 g/mol. The van der Waals surface area contributed by atoms with Gasteiger partial charge in [0.05, 0.1) is 15.7 Å². The molecule has 1 aromatic heterocycles. The number of aryl methyl sites for hydroxylation is 1. The van der Waals surface area contributed by atoms with Crippen molar-refractivity contribution in [1.82, 2.24) is 15.0 Å². The van der Waals surface area contributed by atoms with Gasteiger partial charge in [-0.15, -0.1) is 5.10 Å². The van der Waals surface area contributed by atoms with E-state index in [-0.39, 0.29) is 6.04 Å². The summed E-state index contributed by atoms with van der Waals surface area (Å²) in [5, 5.41) is 9.00. The van der Waals surface area contributed by atoms with E-state index in [9.17, 15) is 0 Å². The zero-order valence-corrected chi connectivity index (χ0v) is 11.5. The second-order valence-electron chi connectivity index (χ2n) is 4.30. The van der Waals surface area contributed by atoms with Gasteiger partial charge in [-0.05, 0) is 24.1 Å². The highest BCUT2D eigenvalue weighted by molar-refractivity contribution is 6.42. The first-order valence-electron chi connectivity index (χ1n) is 5.59. The number of rotatable bonds is 4. The lowest BCUT2D eigenvalue weighted by Gasteiger charge is -2.10. The van der Waals surface area contributed by atoms with Gasteiger partial charge in [0, 0.05) is 25.7 Å². The number of hydrogen-bond donors (Lipinski definition) is 1. The van der Waals surface area contributed by atoms with Gasteiger partial charge in [0.15, 0.2) is 0 Å². The van der Waals surface area contributed by atoms with Crippen LogP contribution in [-0.2, 0) is 19.9 Å². The Balaban J connectivity index is 1.98. The van der Waals surface area contributed by atoms with Crippen molar-refractivity contribution in [2.45, 2.75) is 18.9 Å². The zero-order chi connectivity index (χ0) is 13.1. The van der Waals surface area contributed by atoms with Crippen LogP contribution >= 0.6 is 23.2 Å². The second kappa shape index (κ2) is 5.69. The fraction of sp³-hybridized carbons (Fsp3) is 0.333. The molecule has 0 radical (unpaired) electrons. The minimum absolute atomic E-state index is 0.0149. The number of nitrogens with two attached hydrogens (primary N) is 1. The molecule has 0 bridgehead atoms. The van der Waals surface area contributed by atoms with E-state index in [0.29, 0.717) is 16.5 Å². The van der Waals surface area contributed by atoms with Crippen molar-refractivity contribution in [2.75, 3.05) is 0 Å². The highest BCUT2D eigenvalue weighted by atomic mass is 35.5. The van der Waals surface area contributed by atoms with Crippen LogP contribution < -0.4 is 5.73 Å². The molecule has 96 valence electrons. The van der Waals surface area contributed by atoms with Crippen LogP contribution in [0.3, 0.4) is 0 Å². The lowest BCUT2D eigenvalue weighted by molar-refractivity contribution is 0.651. The maximum absolute atomic E-state index is 6.08. The first-order valence-corrected chi connectivity index (χ1v) is 6.35. The Morgan fingerprint density at radius 3 is 2.67 bits per heavy atom. The summed E-state index contributed by atoms with van der Waals surface area (Å²) in [6, 6.07) is 5.55. The van der Waals surface area contributed by atoms with Crippen LogP contribution in [0, 0.1) is 0 Å². The highest BCUT2D eigenvalue weighted by Gasteiger charge is 2.09. The zero-order valence-electron chi connectivity index (χ0n) is 9.98. The molecule has 2 N–H and O–H groups in total. The number of aromatic nitrogens is 3. The van der Waals surface area contributed by atoms with Crippen molar-refractivity contribution in [2.24, 2.45) is 12.8 Å². The van der Waals surface area contributed by atoms with Gasteiger partial charge in [-0.2, -0.15) is 0 Å². The van der Waals surface area contributed by atoms with Crippen LogP contribution in [0.5, 0.6) is 0 Å². The number of halogens is 2. The average molecular weight is 285 g/mol. The molecule has 1 atom stereocenters. The number of nitrogens with zero attached hydrogens (tertiary/aromatic N) is 3. The van der Waals surface area contributed by atoms with E-state index in [1.807, 2.05) is 25.4 Å². The van der Waals surface area contributed by atoms with Gasteiger partial charge in [-0.3, -0.25) is 4.68 Å². The Bertz CT molecular complexity index is 539. The van der Waals surface area contributed by atoms with E-state index in [2.05, 4.69) is 10.3 Å². The van der Waals surface area contributed by atoms with Gasteiger partial charge in [0.2, 0.25) is 0 Å². The largest absolute Gasteiger partial charge is 0.327 e. The fourth-order valence-corrected chi connectivity index (χ4v) is 2.12. The van der Waals surface area contributed by atoms with Crippen molar-refractivity contribution >= 4 is 23.2 Å². The quantitative estimate of drug-likeness (QED) is 0.937. The fourth-order valence-electron chi connectivity index (χ4n) is 1.80. The third-order valence-electron chi connectivity index (χ3n) is 2.60. The first-order chi connectivity index (χ1) is 8.54. The third kappa shape index (κ3) is 3.45. The Labute approximate surface area is 116 Å². The smallest absolute Gasteiger partial charge is 0.0842 e. The Kier molecular flexibility index (Phi) is 4.22. The summed E-state index contributed by atoms with van der Waals surface area (Å²) in [7, 11) is 1.83. The Hall–Kier alpha value is -1.10. The lowest BCUT2D eigenvalue weighted by Crippen LogP contribution is -2.25. The highest BCUT2D eigenvalue weighted by Crippen LogP contribution is 2.23. The summed E-state index contributed by atoms with van der Waals surface area (Å²) >= 11 is 11.8. The standard InChI is InChI=1S/C12H14Cl2N4/c1-18-7-10(16-17-18)6-9(15)4-8-2-3-11(13)12(14)5-8/h2-3,5,7,9H,4,6,15H2,1H3. The summed E-state index contributed by atoms with van der Waals surface area (Å²) in [6.45, 7) is 0. The lowest BCUT2D eigenvalue weighted by atomic mass is 10.0. The molecule has 1 unspecified atom stereocenters. The van der Waals surface area contributed by atoms with Crippen LogP contribution in [0.25, 0.3) is 0 Å². The first kappa shape index (κ1) is 13.3. The average Bonchev–Trinajstić information content (AvgIpc) is 2.69. The molecule has 4 nitrogen and oxygen atoms in total.